The number of likely N-dealkylation sites (tertiary alicyclic amines) is 1. The second kappa shape index (κ2) is 10.1. The number of rotatable bonds is 7. The van der Waals surface area contributed by atoms with Crippen LogP contribution in [0.2, 0.25) is 0 Å². The van der Waals surface area contributed by atoms with Gasteiger partial charge in [0.15, 0.2) is 5.82 Å². The zero-order valence-corrected chi connectivity index (χ0v) is 22.8. The number of carbonyl (C=O) groups excluding carboxylic acids is 2. The summed E-state index contributed by atoms with van der Waals surface area (Å²) in [5, 5.41) is 13.4. The Balaban J connectivity index is 0.955. The number of aromatic amines is 1. The highest BCUT2D eigenvalue weighted by Gasteiger charge is 2.54. The molecule has 12 nitrogen and oxygen atoms in total. The third-order valence-electron chi connectivity index (χ3n) is 8.97. The smallest absolute Gasteiger partial charge is 0.272 e. The number of methoxy groups -OCH3 is 1. The van der Waals surface area contributed by atoms with Crippen molar-refractivity contribution in [1.29, 1.82) is 0 Å². The average Bonchev–Trinajstić information content (AvgIpc) is 3.37. The Morgan fingerprint density at radius 1 is 1.20 bits per heavy atom. The van der Waals surface area contributed by atoms with Gasteiger partial charge in [-0.15, -0.1) is 0 Å². The molecular formula is C28H32FN9O3. The SMILES string of the molecule is COc1cc(-c2cc(C(=O)N3CC[C@H](C(=O)NCc4ncc(N5C[C@H]6C[C@@H]5CN6)cn4)CC34CC4)[nH]n2)c(F)cn1. The van der Waals surface area contributed by atoms with Gasteiger partial charge in [0.05, 0.1) is 43.6 Å². The van der Waals surface area contributed by atoms with Gasteiger partial charge in [0.1, 0.15) is 11.5 Å². The fourth-order valence-corrected chi connectivity index (χ4v) is 6.57. The zero-order chi connectivity index (χ0) is 28.1. The molecule has 3 saturated heterocycles. The minimum absolute atomic E-state index is 0.0371. The number of piperidine rings is 1. The quantitative estimate of drug-likeness (QED) is 0.393. The van der Waals surface area contributed by atoms with Gasteiger partial charge in [0.25, 0.3) is 5.91 Å². The van der Waals surface area contributed by atoms with Gasteiger partial charge < -0.3 is 25.2 Å². The second-order valence-electron chi connectivity index (χ2n) is 11.5. The summed E-state index contributed by atoms with van der Waals surface area (Å²) < 4.78 is 19.5. The van der Waals surface area contributed by atoms with Crippen molar-refractivity contribution >= 4 is 17.5 Å². The van der Waals surface area contributed by atoms with Crippen molar-refractivity contribution in [2.75, 3.05) is 31.6 Å². The highest BCUT2D eigenvalue weighted by Crippen LogP contribution is 2.50. The number of carbonyl (C=O) groups is 2. The molecule has 7 rings (SSSR count). The molecule has 3 aliphatic heterocycles. The van der Waals surface area contributed by atoms with Crippen LogP contribution in [0.1, 0.15) is 48.4 Å². The van der Waals surface area contributed by atoms with Gasteiger partial charge in [-0.2, -0.15) is 5.10 Å². The van der Waals surface area contributed by atoms with Crippen LogP contribution in [-0.2, 0) is 11.3 Å². The highest BCUT2D eigenvalue weighted by atomic mass is 19.1. The summed E-state index contributed by atoms with van der Waals surface area (Å²) in [4.78, 5) is 43.6. The Hall–Kier alpha value is -4.13. The molecule has 3 aromatic rings. The first kappa shape index (κ1) is 25.8. The van der Waals surface area contributed by atoms with Gasteiger partial charge in [-0.25, -0.2) is 19.3 Å². The zero-order valence-electron chi connectivity index (χ0n) is 22.8. The van der Waals surface area contributed by atoms with Crippen molar-refractivity contribution in [2.45, 2.75) is 56.3 Å². The van der Waals surface area contributed by atoms with Crippen molar-refractivity contribution in [3.05, 3.63) is 48.1 Å². The fraction of sp³-hybridized carbons (Fsp3) is 0.500. The Bertz CT molecular complexity index is 1470. The van der Waals surface area contributed by atoms with E-state index in [-0.39, 0.29) is 47.0 Å². The van der Waals surface area contributed by atoms with E-state index in [2.05, 4.69) is 40.7 Å². The molecule has 3 atom stereocenters. The molecule has 0 radical (unpaired) electrons. The lowest BCUT2D eigenvalue weighted by atomic mass is 9.88. The van der Waals surface area contributed by atoms with Crippen LogP contribution >= 0.6 is 0 Å². The van der Waals surface area contributed by atoms with Gasteiger partial charge >= 0.3 is 0 Å². The van der Waals surface area contributed by atoms with Crippen LogP contribution in [0.5, 0.6) is 5.88 Å². The van der Waals surface area contributed by atoms with Crippen LogP contribution < -0.4 is 20.3 Å². The minimum Gasteiger partial charge on any atom is -0.481 e. The first-order chi connectivity index (χ1) is 19.9. The number of aromatic nitrogens is 5. The first-order valence-electron chi connectivity index (χ1n) is 14.1. The van der Waals surface area contributed by atoms with Crippen LogP contribution in [0.4, 0.5) is 10.1 Å². The van der Waals surface area contributed by atoms with Crippen LogP contribution in [0, 0.1) is 11.7 Å². The molecule has 0 aromatic carbocycles. The number of halogens is 1. The summed E-state index contributed by atoms with van der Waals surface area (Å²) in [7, 11) is 1.45. The van der Waals surface area contributed by atoms with Crippen LogP contribution in [-0.4, -0.2) is 86.2 Å². The van der Waals surface area contributed by atoms with Gasteiger partial charge in [-0.3, -0.25) is 14.7 Å². The molecule has 6 heterocycles. The maximum absolute atomic E-state index is 14.4. The van der Waals surface area contributed by atoms with Gasteiger partial charge in [-0.05, 0) is 38.2 Å². The maximum atomic E-state index is 14.4. The predicted molar refractivity (Wildman–Crippen MR) is 145 cm³/mol. The number of anilines is 1. The largest absolute Gasteiger partial charge is 0.481 e. The number of H-pyrrole nitrogens is 1. The van der Waals surface area contributed by atoms with Crippen molar-refractivity contribution in [3.63, 3.8) is 0 Å². The summed E-state index contributed by atoms with van der Waals surface area (Å²) in [6.45, 7) is 2.71. The predicted octanol–water partition coefficient (Wildman–Crippen LogP) is 1.66. The van der Waals surface area contributed by atoms with E-state index in [9.17, 15) is 14.0 Å². The van der Waals surface area contributed by atoms with E-state index >= 15 is 0 Å². The van der Waals surface area contributed by atoms with Gasteiger partial charge in [-0.1, -0.05) is 0 Å². The average molecular weight is 562 g/mol. The molecule has 2 bridgehead atoms. The van der Waals surface area contributed by atoms with E-state index in [0.717, 1.165) is 44.2 Å². The highest BCUT2D eigenvalue weighted by molar-refractivity contribution is 5.94. The van der Waals surface area contributed by atoms with Crippen molar-refractivity contribution in [2.24, 2.45) is 5.92 Å². The summed E-state index contributed by atoms with van der Waals surface area (Å²) in [5.41, 5.74) is 1.46. The molecule has 1 aliphatic carbocycles. The molecule has 3 N–H and O–H groups in total. The van der Waals surface area contributed by atoms with E-state index in [1.807, 2.05) is 17.3 Å². The molecule has 4 fully saturated rings. The third kappa shape index (κ3) is 4.77. The first-order valence-corrected chi connectivity index (χ1v) is 14.1. The normalized spacial score (nSPS) is 24.1. The molecule has 13 heteroatoms. The Labute approximate surface area is 236 Å². The molecule has 1 spiro atoms. The molecule has 214 valence electrons. The summed E-state index contributed by atoms with van der Waals surface area (Å²) in [6.07, 6.45) is 8.77. The number of amides is 2. The Morgan fingerprint density at radius 3 is 2.73 bits per heavy atom. The number of nitrogens with one attached hydrogen (secondary N) is 3. The molecular weight excluding hydrogens is 529 g/mol. The van der Waals surface area contributed by atoms with E-state index in [0.29, 0.717) is 43.0 Å². The second-order valence-corrected chi connectivity index (χ2v) is 11.5. The Kier molecular flexibility index (Phi) is 6.33. The lowest BCUT2D eigenvalue weighted by molar-refractivity contribution is -0.127. The Morgan fingerprint density at radius 2 is 2.02 bits per heavy atom. The number of piperazine rings is 1. The van der Waals surface area contributed by atoms with Crippen LogP contribution in [0.25, 0.3) is 11.3 Å². The summed E-state index contributed by atoms with van der Waals surface area (Å²) in [6, 6.07) is 4.05. The van der Waals surface area contributed by atoms with Gasteiger partial charge in [0, 0.05) is 54.8 Å². The fourth-order valence-electron chi connectivity index (χ4n) is 6.57. The van der Waals surface area contributed by atoms with E-state index in [1.54, 1.807) is 6.07 Å². The standard InChI is InChI=1S/C28H32FN9O3/c1-41-25-7-20(21(29)13-33-25)22-8-23(36-35-22)27(40)38-5-2-16(9-28(38)3-4-28)26(39)34-14-24-31-11-19(12-32-24)37-15-17-6-18(37)10-30-17/h7-8,11-13,16-18,30H,2-6,9-10,14-15H2,1H3,(H,34,39)(H,35,36)/t16-,17+,18+/m0/s1. The lowest BCUT2D eigenvalue weighted by Gasteiger charge is -2.39. The molecule has 2 amide bonds. The number of pyridine rings is 1. The van der Waals surface area contributed by atoms with E-state index in [4.69, 9.17) is 4.74 Å². The number of fused-ring (bicyclic) bond motifs is 2. The van der Waals surface area contributed by atoms with E-state index < -0.39 is 5.82 Å². The summed E-state index contributed by atoms with van der Waals surface area (Å²) >= 11 is 0. The molecule has 1 saturated carbocycles. The number of ether oxygens (including phenoxy) is 1. The van der Waals surface area contributed by atoms with Crippen molar-refractivity contribution < 1.29 is 18.7 Å². The molecule has 4 aliphatic rings. The number of nitrogens with zero attached hydrogens (tertiary/aromatic N) is 6. The molecule has 41 heavy (non-hydrogen) atoms. The van der Waals surface area contributed by atoms with Crippen LogP contribution in [0.15, 0.2) is 30.7 Å². The van der Waals surface area contributed by atoms with E-state index in [1.165, 1.54) is 13.2 Å². The van der Waals surface area contributed by atoms with Gasteiger partial charge in [0.2, 0.25) is 11.8 Å². The monoisotopic (exact) mass is 561 g/mol. The van der Waals surface area contributed by atoms with Crippen LogP contribution in [0.3, 0.4) is 0 Å². The molecule has 3 aromatic heterocycles. The third-order valence-corrected chi connectivity index (χ3v) is 8.97. The van der Waals surface area contributed by atoms with Crippen molar-refractivity contribution in [1.82, 2.24) is 40.7 Å². The lowest BCUT2D eigenvalue weighted by Crippen LogP contribution is -2.50. The summed E-state index contributed by atoms with van der Waals surface area (Å²) in [5.74, 6) is -0.147. The number of hydrogen-bond acceptors (Lipinski definition) is 9. The number of hydrogen-bond donors (Lipinski definition) is 3. The van der Waals surface area contributed by atoms with Crippen molar-refractivity contribution in [3.8, 4) is 17.1 Å². The maximum Gasteiger partial charge on any atom is 0.272 e. The minimum atomic E-state index is -0.556. The topological polar surface area (TPSA) is 141 Å². The molecule has 0 unspecified atom stereocenters.